The highest BCUT2D eigenvalue weighted by atomic mass is 79.9. The van der Waals surface area contributed by atoms with Crippen LogP contribution in [0.1, 0.15) is 12.6 Å². The lowest BCUT2D eigenvalue weighted by molar-refractivity contribution is 0.847. The fourth-order valence-corrected chi connectivity index (χ4v) is 1.95. The standard InChI is InChI=1S/C9H13BrN2S/c1-7(11)5-13-6-9-3-2-8(10)4-12-9/h2-4,7H,5-6,11H2,1H3. The Morgan fingerprint density at radius 3 is 2.92 bits per heavy atom. The normalized spacial score (nSPS) is 12.8. The molecule has 1 atom stereocenters. The van der Waals surface area contributed by atoms with Crippen molar-refractivity contribution in [3.05, 3.63) is 28.5 Å². The van der Waals surface area contributed by atoms with Crippen LogP contribution in [0, 0.1) is 0 Å². The van der Waals surface area contributed by atoms with Gasteiger partial charge in [-0.15, -0.1) is 0 Å². The molecule has 0 saturated carbocycles. The van der Waals surface area contributed by atoms with Gasteiger partial charge in [-0.05, 0) is 35.0 Å². The molecule has 13 heavy (non-hydrogen) atoms. The van der Waals surface area contributed by atoms with E-state index >= 15 is 0 Å². The highest BCUT2D eigenvalue weighted by Gasteiger charge is 1.97. The predicted molar refractivity (Wildman–Crippen MR) is 61.7 cm³/mol. The van der Waals surface area contributed by atoms with Crippen LogP contribution < -0.4 is 5.73 Å². The summed E-state index contributed by atoms with van der Waals surface area (Å²) in [6.45, 7) is 2.02. The number of nitrogens with two attached hydrogens (primary N) is 1. The maximum atomic E-state index is 5.63. The van der Waals surface area contributed by atoms with Crippen molar-refractivity contribution in [2.24, 2.45) is 5.73 Å². The predicted octanol–water partition coefficient (Wildman–Crippen LogP) is 2.42. The number of nitrogens with zero attached hydrogens (tertiary/aromatic N) is 1. The lowest BCUT2D eigenvalue weighted by Crippen LogP contribution is -2.17. The first-order valence-electron chi connectivity index (χ1n) is 4.12. The lowest BCUT2D eigenvalue weighted by Gasteiger charge is -2.03. The van der Waals surface area contributed by atoms with E-state index in [0.717, 1.165) is 21.7 Å². The summed E-state index contributed by atoms with van der Waals surface area (Å²) in [6, 6.07) is 4.30. The summed E-state index contributed by atoms with van der Waals surface area (Å²) < 4.78 is 1.02. The Morgan fingerprint density at radius 1 is 1.62 bits per heavy atom. The SMILES string of the molecule is CC(N)CSCc1ccc(Br)cn1. The molecule has 1 rings (SSSR count). The average Bonchev–Trinajstić information content (AvgIpc) is 2.08. The highest BCUT2D eigenvalue weighted by Crippen LogP contribution is 2.13. The van der Waals surface area contributed by atoms with Crippen LogP contribution in [0.4, 0.5) is 0 Å². The van der Waals surface area contributed by atoms with Crippen molar-refractivity contribution in [3.63, 3.8) is 0 Å². The van der Waals surface area contributed by atoms with Crippen LogP contribution in [0.25, 0.3) is 0 Å². The first-order valence-corrected chi connectivity index (χ1v) is 6.07. The van der Waals surface area contributed by atoms with E-state index in [2.05, 4.69) is 20.9 Å². The summed E-state index contributed by atoms with van der Waals surface area (Å²) in [5, 5.41) is 0. The van der Waals surface area contributed by atoms with Gasteiger partial charge in [0.2, 0.25) is 0 Å². The van der Waals surface area contributed by atoms with E-state index < -0.39 is 0 Å². The fourth-order valence-electron chi connectivity index (χ4n) is 0.841. The number of thioether (sulfide) groups is 1. The van der Waals surface area contributed by atoms with Gasteiger partial charge in [-0.3, -0.25) is 4.98 Å². The van der Waals surface area contributed by atoms with Crippen LogP contribution in [-0.2, 0) is 5.75 Å². The summed E-state index contributed by atoms with van der Waals surface area (Å²) in [4.78, 5) is 4.27. The lowest BCUT2D eigenvalue weighted by atomic mass is 10.4. The van der Waals surface area contributed by atoms with E-state index in [1.165, 1.54) is 0 Å². The van der Waals surface area contributed by atoms with Crippen molar-refractivity contribution in [2.45, 2.75) is 18.7 Å². The zero-order chi connectivity index (χ0) is 9.68. The molecular formula is C9H13BrN2S. The highest BCUT2D eigenvalue weighted by molar-refractivity contribution is 9.10. The van der Waals surface area contributed by atoms with Gasteiger partial charge in [0.25, 0.3) is 0 Å². The first-order chi connectivity index (χ1) is 6.18. The minimum atomic E-state index is 0.264. The molecule has 0 saturated heterocycles. The number of pyridine rings is 1. The van der Waals surface area contributed by atoms with Gasteiger partial charge in [-0.1, -0.05) is 0 Å². The van der Waals surface area contributed by atoms with E-state index in [9.17, 15) is 0 Å². The molecule has 4 heteroatoms. The number of halogens is 1. The number of hydrogen-bond donors (Lipinski definition) is 1. The van der Waals surface area contributed by atoms with Gasteiger partial charge in [0.05, 0.1) is 5.69 Å². The molecule has 1 aromatic heterocycles. The molecule has 1 heterocycles. The molecule has 0 aliphatic heterocycles. The minimum Gasteiger partial charge on any atom is -0.327 e. The second kappa shape index (κ2) is 5.62. The zero-order valence-corrected chi connectivity index (χ0v) is 9.94. The molecule has 0 amide bonds. The third kappa shape index (κ3) is 4.64. The summed E-state index contributed by atoms with van der Waals surface area (Å²) in [7, 11) is 0. The van der Waals surface area contributed by atoms with Gasteiger partial charge >= 0.3 is 0 Å². The molecule has 0 fully saturated rings. The van der Waals surface area contributed by atoms with Gasteiger partial charge in [-0.25, -0.2) is 0 Å². The molecule has 0 radical (unpaired) electrons. The van der Waals surface area contributed by atoms with Crippen molar-refractivity contribution in [3.8, 4) is 0 Å². The van der Waals surface area contributed by atoms with Crippen LogP contribution >= 0.6 is 27.7 Å². The largest absolute Gasteiger partial charge is 0.327 e. The van der Waals surface area contributed by atoms with Crippen molar-refractivity contribution < 1.29 is 0 Å². The smallest absolute Gasteiger partial charge is 0.0503 e. The minimum absolute atomic E-state index is 0.264. The second-order valence-corrected chi connectivity index (χ2v) is 4.91. The van der Waals surface area contributed by atoms with Gasteiger partial charge in [-0.2, -0.15) is 11.8 Å². The van der Waals surface area contributed by atoms with Crippen molar-refractivity contribution in [1.29, 1.82) is 0 Å². The molecule has 2 nitrogen and oxygen atoms in total. The van der Waals surface area contributed by atoms with Crippen LogP contribution in [-0.4, -0.2) is 16.8 Å². The quantitative estimate of drug-likeness (QED) is 0.904. The van der Waals surface area contributed by atoms with Crippen LogP contribution in [0.15, 0.2) is 22.8 Å². The summed E-state index contributed by atoms with van der Waals surface area (Å²) in [5.74, 6) is 1.92. The maximum absolute atomic E-state index is 5.63. The number of rotatable bonds is 4. The second-order valence-electron chi connectivity index (χ2n) is 2.96. The molecule has 72 valence electrons. The molecule has 1 aromatic rings. The molecular weight excluding hydrogens is 248 g/mol. The third-order valence-corrected chi connectivity index (χ3v) is 3.15. The van der Waals surface area contributed by atoms with Gasteiger partial charge in [0.15, 0.2) is 0 Å². The van der Waals surface area contributed by atoms with E-state index in [1.807, 2.05) is 37.0 Å². The summed E-state index contributed by atoms with van der Waals surface area (Å²) >= 11 is 5.17. The van der Waals surface area contributed by atoms with Crippen LogP contribution in [0.3, 0.4) is 0 Å². The van der Waals surface area contributed by atoms with Crippen molar-refractivity contribution in [2.75, 3.05) is 5.75 Å². The molecule has 0 bridgehead atoms. The Bertz CT molecular complexity index is 248. The fraction of sp³-hybridized carbons (Fsp3) is 0.444. The molecule has 0 spiro atoms. The maximum Gasteiger partial charge on any atom is 0.0503 e. The Morgan fingerprint density at radius 2 is 2.38 bits per heavy atom. The number of hydrogen-bond acceptors (Lipinski definition) is 3. The van der Waals surface area contributed by atoms with E-state index in [4.69, 9.17) is 5.73 Å². The Balaban J connectivity index is 2.33. The number of aromatic nitrogens is 1. The molecule has 0 aliphatic rings. The Hall–Kier alpha value is -0.0600. The van der Waals surface area contributed by atoms with Gasteiger partial charge in [0.1, 0.15) is 0 Å². The monoisotopic (exact) mass is 260 g/mol. The Labute approximate surface area is 91.4 Å². The third-order valence-electron chi connectivity index (χ3n) is 1.42. The van der Waals surface area contributed by atoms with Crippen molar-refractivity contribution >= 4 is 27.7 Å². The van der Waals surface area contributed by atoms with E-state index in [1.54, 1.807) is 0 Å². The molecule has 0 aliphatic carbocycles. The molecule has 0 aromatic carbocycles. The molecule has 2 N–H and O–H groups in total. The van der Waals surface area contributed by atoms with E-state index in [0.29, 0.717) is 0 Å². The topological polar surface area (TPSA) is 38.9 Å². The van der Waals surface area contributed by atoms with Crippen LogP contribution in [0.5, 0.6) is 0 Å². The van der Waals surface area contributed by atoms with Crippen LogP contribution in [0.2, 0.25) is 0 Å². The zero-order valence-electron chi connectivity index (χ0n) is 7.53. The summed E-state index contributed by atoms with van der Waals surface area (Å²) in [5.41, 5.74) is 6.74. The average molecular weight is 261 g/mol. The van der Waals surface area contributed by atoms with Gasteiger partial charge < -0.3 is 5.73 Å². The Kier molecular flexibility index (Phi) is 4.77. The van der Waals surface area contributed by atoms with Gasteiger partial charge in [0, 0.05) is 28.2 Å². The summed E-state index contributed by atoms with van der Waals surface area (Å²) in [6.07, 6.45) is 1.82. The molecule has 1 unspecified atom stereocenters. The first kappa shape index (κ1) is 11.0. The van der Waals surface area contributed by atoms with E-state index in [-0.39, 0.29) is 6.04 Å². The van der Waals surface area contributed by atoms with Crippen molar-refractivity contribution in [1.82, 2.24) is 4.98 Å².